The van der Waals surface area contributed by atoms with Crippen molar-refractivity contribution in [3.8, 4) is 17.2 Å². The van der Waals surface area contributed by atoms with E-state index in [1.807, 2.05) is 13.8 Å². The minimum absolute atomic E-state index is 0.108. The number of methoxy groups -OCH3 is 2. The van der Waals surface area contributed by atoms with Crippen LogP contribution in [-0.2, 0) is 14.3 Å². The summed E-state index contributed by atoms with van der Waals surface area (Å²) in [6, 6.07) is 10.6. The second-order valence-corrected chi connectivity index (χ2v) is 9.77. The summed E-state index contributed by atoms with van der Waals surface area (Å²) >= 11 is 0.923. The standard InChI is InChI=1S/C29H30N2O8S/c1-6-13-39-19-10-8-9-18(14-19)24(32)22-23(17-11-12-20(38-7-2)21(15-17)36-4)31(27(34)25(22)33)29-30-16(3)26(40-29)28(35)37-5/h8-12,14-15,23,32H,6-7,13H2,1-5H3. The molecule has 1 unspecified atom stereocenters. The molecule has 1 aliphatic rings. The van der Waals surface area contributed by atoms with Crippen molar-refractivity contribution in [3.05, 3.63) is 69.7 Å². The fraction of sp³-hybridized carbons (Fsp3) is 0.310. The lowest BCUT2D eigenvalue weighted by molar-refractivity contribution is -0.132. The molecular formula is C29H30N2O8S. The Balaban J connectivity index is 1.93. The Bertz CT molecular complexity index is 1480. The third-order valence-corrected chi connectivity index (χ3v) is 7.33. The number of thiazole rings is 1. The smallest absolute Gasteiger partial charge is 0.350 e. The van der Waals surface area contributed by atoms with Crippen LogP contribution in [0.15, 0.2) is 48.0 Å². The largest absolute Gasteiger partial charge is 0.507 e. The van der Waals surface area contributed by atoms with Crippen LogP contribution in [0.3, 0.4) is 0 Å². The lowest BCUT2D eigenvalue weighted by Crippen LogP contribution is -2.29. The molecule has 1 fully saturated rings. The van der Waals surface area contributed by atoms with Gasteiger partial charge in [-0.25, -0.2) is 9.78 Å². The third-order valence-electron chi connectivity index (χ3n) is 6.19. The van der Waals surface area contributed by atoms with Gasteiger partial charge in [-0.15, -0.1) is 0 Å². The molecule has 1 N–H and O–H groups in total. The third kappa shape index (κ3) is 5.37. The van der Waals surface area contributed by atoms with Crippen molar-refractivity contribution in [3.63, 3.8) is 0 Å². The average molecular weight is 567 g/mol. The van der Waals surface area contributed by atoms with Gasteiger partial charge < -0.3 is 24.1 Å². The number of carbonyl (C=O) groups is 3. The molecule has 2 heterocycles. The first kappa shape index (κ1) is 28.6. The number of ketones is 1. The Morgan fingerprint density at radius 1 is 1.07 bits per heavy atom. The van der Waals surface area contributed by atoms with Crippen molar-refractivity contribution in [1.82, 2.24) is 4.98 Å². The van der Waals surface area contributed by atoms with Crippen molar-refractivity contribution >= 4 is 39.9 Å². The summed E-state index contributed by atoms with van der Waals surface area (Å²) in [7, 11) is 2.73. The Kier molecular flexibility index (Phi) is 8.73. The molecule has 11 heteroatoms. The summed E-state index contributed by atoms with van der Waals surface area (Å²) in [6.07, 6.45) is 0.793. The number of aliphatic hydroxyl groups excluding tert-OH is 1. The van der Waals surface area contributed by atoms with Crippen LogP contribution in [0, 0.1) is 6.92 Å². The number of aromatic nitrogens is 1. The van der Waals surface area contributed by atoms with E-state index in [0.29, 0.717) is 47.3 Å². The summed E-state index contributed by atoms with van der Waals surface area (Å²) < 4.78 is 21.7. The molecule has 0 saturated carbocycles. The van der Waals surface area contributed by atoms with Crippen LogP contribution in [-0.4, -0.2) is 55.2 Å². The van der Waals surface area contributed by atoms with Gasteiger partial charge in [-0.3, -0.25) is 14.5 Å². The summed E-state index contributed by atoms with van der Waals surface area (Å²) in [5.74, 6) is -1.42. The second-order valence-electron chi connectivity index (χ2n) is 8.79. The van der Waals surface area contributed by atoms with E-state index in [4.69, 9.17) is 18.9 Å². The fourth-order valence-electron chi connectivity index (χ4n) is 4.35. The quantitative estimate of drug-likeness (QED) is 0.155. The van der Waals surface area contributed by atoms with Crippen molar-refractivity contribution in [2.75, 3.05) is 32.3 Å². The van der Waals surface area contributed by atoms with Gasteiger partial charge in [-0.1, -0.05) is 36.5 Å². The first-order valence-electron chi connectivity index (χ1n) is 12.7. The SMILES string of the molecule is CCCOc1cccc(C(O)=C2C(=O)C(=O)N(c3nc(C)c(C(=O)OC)s3)C2c2ccc(OCC)c(OC)c2)c1. The lowest BCUT2D eigenvalue weighted by Gasteiger charge is -2.24. The predicted octanol–water partition coefficient (Wildman–Crippen LogP) is 5.06. The molecule has 1 saturated heterocycles. The highest BCUT2D eigenvalue weighted by molar-refractivity contribution is 7.17. The maximum Gasteiger partial charge on any atom is 0.350 e. The van der Waals surface area contributed by atoms with Gasteiger partial charge in [-0.2, -0.15) is 0 Å². The van der Waals surface area contributed by atoms with Gasteiger partial charge in [0, 0.05) is 5.56 Å². The topological polar surface area (TPSA) is 124 Å². The number of benzene rings is 2. The normalized spacial score (nSPS) is 16.2. The van der Waals surface area contributed by atoms with Gasteiger partial charge in [0.15, 0.2) is 16.6 Å². The number of nitrogens with zero attached hydrogens (tertiary/aromatic N) is 2. The number of esters is 1. The van der Waals surface area contributed by atoms with Crippen LogP contribution in [0.1, 0.15) is 52.8 Å². The molecule has 0 bridgehead atoms. The molecule has 2 aromatic carbocycles. The molecule has 10 nitrogen and oxygen atoms in total. The van der Waals surface area contributed by atoms with Crippen LogP contribution < -0.4 is 19.1 Å². The van der Waals surface area contributed by atoms with Crippen molar-refractivity contribution in [1.29, 1.82) is 0 Å². The van der Waals surface area contributed by atoms with E-state index < -0.39 is 23.7 Å². The molecule has 40 heavy (non-hydrogen) atoms. The van der Waals surface area contributed by atoms with Gasteiger partial charge in [-0.05, 0) is 50.1 Å². The number of ether oxygens (including phenoxy) is 4. The number of rotatable bonds is 10. The average Bonchev–Trinajstić information content (AvgIpc) is 3.47. The summed E-state index contributed by atoms with van der Waals surface area (Å²) in [5.41, 5.74) is 0.973. The molecule has 0 aliphatic carbocycles. The van der Waals surface area contributed by atoms with E-state index in [9.17, 15) is 19.5 Å². The van der Waals surface area contributed by atoms with Crippen molar-refractivity contribution < 1.29 is 38.4 Å². The van der Waals surface area contributed by atoms with Crippen LogP contribution >= 0.6 is 11.3 Å². The van der Waals surface area contributed by atoms with Gasteiger partial charge >= 0.3 is 11.9 Å². The first-order chi connectivity index (χ1) is 19.2. The van der Waals surface area contributed by atoms with Crippen LogP contribution in [0.4, 0.5) is 5.13 Å². The predicted molar refractivity (Wildman–Crippen MR) is 149 cm³/mol. The molecular weight excluding hydrogens is 536 g/mol. The zero-order valence-electron chi connectivity index (χ0n) is 22.8. The van der Waals surface area contributed by atoms with Crippen LogP contribution in [0.5, 0.6) is 17.2 Å². The number of aryl methyl sites for hydroxylation is 1. The highest BCUT2D eigenvalue weighted by Gasteiger charge is 2.48. The Hall–Kier alpha value is -4.38. The maximum absolute atomic E-state index is 13.5. The van der Waals surface area contributed by atoms with E-state index >= 15 is 0 Å². The van der Waals surface area contributed by atoms with Gasteiger partial charge in [0.25, 0.3) is 5.78 Å². The number of carbonyl (C=O) groups excluding carboxylic acids is 3. The maximum atomic E-state index is 13.5. The first-order valence-corrected chi connectivity index (χ1v) is 13.5. The number of hydrogen-bond donors (Lipinski definition) is 1. The summed E-state index contributed by atoms with van der Waals surface area (Å²) in [5, 5.41) is 11.6. The summed E-state index contributed by atoms with van der Waals surface area (Å²) in [6.45, 7) is 6.30. The minimum Gasteiger partial charge on any atom is -0.507 e. The van der Waals surface area contributed by atoms with E-state index in [1.165, 1.54) is 19.1 Å². The zero-order chi connectivity index (χ0) is 29.0. The molecule has 0 radical (unpaired) electrons. The van der Waals surface area contributed by atoms with E-state index in [0.717, 1.165) is 17.8 Å². The number of aliphatic hydroxyl groups is 1. The van der Waals surface area contributed by atoms with Crippen molar-refractivity contribution in [2.24, 2.45) is 0 Å². The molecule has 1 amide bonds. The fourth-order valence-corrected chi connectivity index (χ4v) is 5.36. The lowest BCUT2D eigenvalue weighted by atomic mass is 9.95. The minimum atomic E-state index is -1.08. The van der Waals surface area contributed by atoms with Gasteiger partial charge in [0.2, 0.25) is 0 Å². The Labute approximate surface area is 235 Å². The number of anilines is 1. The summed E-state index contributed by atoms with van der Waals surface area (Å²) in [4.78, 5) is 45.2. The number of Topliss-reactive ketones (excluding diaryl/α,β-unsaturated/α-hetero) is 1. The molecule has 3 aromatic rings. The van der Waals surface area contributed by atoms with E-state index in [1.54, 1.807) is 49.4 Å². The Morgan fingerprint density at radius 2 is 1.85 bits per heavy atom. The monoisotopic (exact) mass is 566 g/mol. The molecule has 1 aromatic heterocycles. The van der Waals surface area contributed by atoms with E-state index in [2.05, 4.69) is 4.98 Å². The zero-order valence-corrected chi connectivity index (χ0v) is 23.7. The second kappa shape index (κ2) is 12.2. The molecule has 210 valence electrons. The molecule has 1 aliphatic heterocycles. The van der Waals surface area contributed by atoms with Crippen LogP contribution in [0.25, 0.3) is 5.76 Å². The number of hydrogen-bond acceptors (Lipinski definition) is 10. The highest BCUT2D eigenvalue weighted by atomic mass is 32.1. The number of amides is 1. The van der Waals surface area contributed by atoms with Crippen LogP contribution in [0.2, 0.25) is 0 Å². The Morgan fingerprint density at radius 3 is 2.52 bits per heavy atom. The van der Waals surface area contributed by atoms with Gasteiger partial charge in [0.05, 0.1) is 44.7 Å². The molecule has 4 rings (SSSR count). The van der Waals surface area contributed by atoms with Crippen molar-refractivity contribution in [2.45, 2.75) is 33.2 Å². The molecule has 0 spiro atoms. The molecule has 1 atom stereocenters. The van der Waals surface area contributed by atoms with E-state index in [-0.39, 0.29) is 21.3 Å². The highest BCUT2D eigenvalue weighted by Crippen LogP contribution is 2.45. The van der Waals surface area contributed by atoms with Gasteiger partial charge in [0.1, 0.15) is 16.4 Å².